The molecule has 13 nitrogen and oxygen atoms in total. The highest BCUT2D eigenvalue weighted by Gasteiger charge is 2.22. The summed E-state index contributed by atoms with van der Waals surface area (Å²) >= 11 is 0. The van der Waals surface area contributed by atoms with Gasteiger partial charge in [0.1, 0.15) is 25.4 Å². The van der Waals surface area contributed by atoms with Crippen LogP contribution >= 0.6 is 0 Å². The van der Waals surface area contributed by atoms with Gasteiger partial charge in [-0.3, -0.25) is 0 Å². The van der Waals surface area contributed by atoms with E-state index in [-0.39, 0.29) is 42.9 Å². The zero-order valence-corrected chi connectivity index (χ0v) is 15.9. The minimum Gasteiger partial charge on any atom is -0.467 e. The second-order valence-electron chi connectivity index (χ2n) is 6.00. The van der Waals surface area contributed by atoms with Crippen LogP contribution in [0, 0.1) is 23.0 Å². The maximum absolute atomic E-state index is 12.0. The highest BCUT2D eigenvalue weighted by Crippen LogP contribution is 2.17. The van der Waals surface area contributed by atoms with E-state index in [1.807, 2.05) is 0 Å². The van der Waals surface area contributed by atoms with Gasteiger partial charge in [0.05, 0.1) is 7.11 Å². The molecular formula is C15H21N7O6. The summed E-state index contributed by atoms with van der Waals surface area (Å²) < 4.78 is 16.8. The van der Waals surface area contributed by atoms with Crippen molar-refractivity contribution in [2.75, 3.05) is 13.7 Å². The first-order chi connectivity index (χ1) is 13.2. The Kier molecular flexibility index (Phi) is 6.76. The van der Waals surface area contributed by atoms with Gasteiger partial charge in [0.25, 0.3) is 0 Å². The summed E-state index contributed by atoms with van der Waals surface area (Å²) in [5.74, 6) is -0.549. The Hall–Kier alpha value is -3.35. The fourth-order valence-corrected chi connectivity index (χ4v) is 2.06. The lowest BCUT2D eigenvalue weighted by Gasteiger charge is -2.13. The molecule has 2 N–H and O–H groups in total. The molecule has 0 bridgehead atoms. The molecule has 2 aromatic heterocycles. The van der Waals surface area contributed by atoms with Crippen molar-refractivity contribution in [3.63, 3.8) is 0 Å². The average molecular weight is 395 g/mol. The number of carbonyl (C=O) groups excluding carboxylic acids is 1. The van der Waals surface area contributed by atoms with Crippen molar-refractivity contribution in [2.24, 2.45) is 11.7 Å². The number of rotatable bonds is 9. The molecule has 0 aliphatic carbocycles. The molecule has 1 unspecified atom stereocenters. The Balaban J connectivity index is 2.08. The Morgan fingerprint density at radius 2 is 1.93 bits per heavy atom. The van der Waals surface area contributed by atoms with E-state index in [9.17, 15) is 14.9 Å². The first-order valence-electron chi connectivity index (χ1n) is 8.29. The summed E-state index contributed by atoms with van der Waals surface area (Å²) in [5.41, 5.74) is 5.73. The van der Waals surface area contributed by atoms with Gasteiger partial charge in [-0.2, -0.15) is 0 Å². The summed E-state index contributed by atoms with van der Waals surface area (Å²) in [6.45, 7) is 5.29. The molecule has 28 heavy (non-hydrogen) atoms. The molecule has 0 aromatic carbocycles. The second-order valence-corrected chi connectivity index (χ2v) is 6.00. The van der Waals surface area contributed by atoms with Crippen LogP contribution in [0.1, 0.15) is 19.7 Å². The predicted octanol–water partition coefficient (Wildman–Crippen LogP) is 0.261. The molecule has 2 rings (SSSR count). The Morgan fingerprint density at radius 1 is 1.29 bits per heavy atom. The molecule has 0 aliphatic heterocycles. The van der Waals surface area contributed by atoms with E-state index in [2.05, 4.69) is 19.9 Å². The molecule has 2 aromatic rings. The minimum absolute atomic E-state index is 0.00982. The number of aryl methyl sites for hydroxylation is 1. The van der Waals surface area contributed by atoms with E-state index in [1.54, 1.807) is 20.8 Å². The van der Waals surface area contributed by atoms with Gasteiger partial charge in [0, 0.05) is 6.92 Å². The van der Waals surface area contributed by atoms with Gasteiger partial charge >= 0.3 is 29.8 Å². The average Bonchev–Trinajstić information content (AvgIpc) is 3.01. The van der Waals surface area contributed by atoms with Crippen LogP contribution in [0.25, 0.3) is 0 Å². The van der Waals surface area contributed by atoms with Crippen LogP contribution in [-0.4, -0.2) is 55.2 Å². The summed E-state index contributed by atoms with van der Waals surface area (Å²) in [7, 11) is 1.32. The highest BCUT2D eigenvalue weighted by molar-refractivity contribution is 5.77. The molecule has 152 valence electrons. The third-order valence-electron chi connectivity index (χ3n) is 3.71. The SMILES string of the molecule is COc1nc(OCCn2c([N+](=O)[O-])cnc2C)nc(OC(=O)C(N)C(C)C)n1. The maximum Gasteiger partial charge on any atom is 0.342 e. The zero-order chi connectivity index (χ0) is 20.8. The first kappa shape index (κ1) is 21.0. The van der Waals surface area contributed by atoms with Crippen LogP contribution in [0.4, 0.5) is 5.82 Å². The number of nitrogens with two attached hydrogens (primary N) is 1. The lowest BCUT2D eigenvalue weighted by atomic mass is 10.1. The van der Waals surface area contributed by atoms with Gasteiger partial charge in [-0.05, 0) is 10.8 Å². The Labute approximate surface area is 160 Å². The van der Waals surface area contributed by atoms with E-state index >= 15 is 0 Å². The molecule has 0 saturated heterocycles. The fraction of sp³-hybridized carbons (Fsp3) is 0.533. The van der Waals surface area contributed by atoms with Crippen LogP contribution < -0.4 is 19.9 Å². The van der Waals surface area contributed by atoms with Crippen molar-refractivity contribution in [1.29, 1.82) is 0 Å². The maximum atomic E-state index is 12.0. The lowest BCUT2D eigenvalue weighted by molar-refractivity contribution is -0.392. The number of hydrogen-bond acceptors (Lipinski definition) is 11. The molecule has 0 radical (unpaired) electrons. The number of esters is 1. The molecule has 13 heteroatoms. The molecule has 0 fully saturated rings. The Bertz CT molecular complexity index is 853. The number of ether oxygens (including phenoxy) is 3. The van der Waals surface area contributed by atoms with E-state index in [0.29, 0.717) is 5.82 Å². The van der Waals surface area contributed by atoms with E-state index in [4.69, 9.17) is 19.9 Å². The molecule has 0 aliphatic rings. The quantitative estimate of drug-likeness (QED) is 0.351. The van der Waals surface area contributed by atoms with Gasteiger partial charge in [0.15, 0.2) is 5.82 Å². The Morgan fingerprint density at radius 3 is 2.54 bits per heavy atom. The van der Waals surface area contributed by atoms with Gasteiger partial charge in [0.2, 0.25) is 0 Å². The monoisotopic (exact) mass is 395 g/mol. The number of nitrogens with zero attached hydrogens (tertiary/aromatic N) is 6. The van der Waals surface area contributed by atoms with E-state index in [1.165, 1.54) is 11.7 Å². The van der Waals surface area contributed by atoms with Gasteiger partial charge < -0.3 is 30.1 Å². The second kappa shape index (κ2) is 9.03. The van der Waals surface area contributed by atoms with Crippen molar-refractivity contribution in [3.8, 4) is 18.0 Å². The smallest absolute Gasteiger partial charge is 0.342 e. The van der Waals surface area contributed by atoms with Crippen LogP contribution in [0.2, 0.25) is 0 Å². The summed E-state index contributed by atoms with van der Waals surface area (Å²) in [5, 5.41) is 11.0. The van der Waals surface area contributed by atoms with Crippen LogP contribution in [-0.2, 0) is 11.3 Å². The topological polar surface area (TPSA) is 170 Å². The lowest BCUT2D eigenvalue weighted by Crippen LogP contribution is -2.39. The van der Waals surface area contributed by atoms with Crippen molar-refractivity contribution >= 4 is 11.8 Å². The van der Waals surface area contributed by atoms with Crippen molar-refractivity contribution in [2.45, 2.75) is 33.4 Å². The number of aromatic nitrogens is 5. The third-order valence-corrected chi connectivity index (χ3v) is 3.71. The van der Waals surface area contributed by atoms with Gasteiger partial charge in [-0.25, -0.2) is 14.3 Å². The van der Waals surface area contributed by atoms with Crippen LogP contribution in [0.3, 0.4) is 0 Å². The highest BCUT2D eigenvalue weighted by atomic mass is 16.6. The normalized spacial score (nSPS) is 11.9. The first-order valence-corrected chi connectivity index (χ1v) is 8.29. The number of hydrogen-bond donors (Lipinski definition) is 1. The van der Waals surface area contributed by atoms with E-state index in [0.717, 1.165) is 6.20 Å². The van der Waals surface area contributed by atoms with Crippen molar-refractivity contribution in [3.05, 3.63) is 22.1 Å². The fourth-order valence-electron chi connectivity index (χ4n) is 2.06. The van der Waals surface area contributed by atoms with Crippen LogP contribution in [0.5, 0.6) is 18.0 Å². The van der Waals surface area contributed by atoms with Crippen molar-refractivity contribution < 1.29 is 23.9 Å². The predicted molar refractivity (Wildman–Crippen MR) is 93.9 cm³/mol. The van der Waals surface area contributed by atoms with Gasteiger partial charge in [-0.15, -0.1) is 15.0 Å². The van der Waals surface area contributed by atoms with Crippen LogP contribution in [0.15, 0.2) is 6.20 Å². The number of methoxy groups -OCH3 is 1. The molecule has 2 heterocycles. The number of carbonyl (C=O) groups is 1. The summed E-state index contributed by atoms with van der Waals surface area (Å²) in [6.07, 6.45) is 1.16. The number of nitro groups is 1. The molecular weight excluding hydrogens is 374 g/mol. The van der Waals surface area contributed by atoms with E-state index < -0.39 is 16.9 Å². The molecule has 1 atom stereocenters. The molecule has 0 saturated carbocycles. The minimum atomic E-state index is -0.850. The largest absolute Gasteiger partial charge is 0.467 e. The zero-order valence-electron chi connectivity index (χ0n) is 15.9. The third kappa shape index (κ3) is 5.09. The summed E-state index contributed by atoms with van der Waals surface area (Å²) in [4.78, 5) is 37.9. The van der Waals surface area contributed by atoms with Crippen molar-refractivity contribution in [1.82, 2.24) is 24.5 Å². The molecule has 0 amide bonds. The standard InChI is InChI=1S/C15H21N7O6/c1-8(2)11(16)12(23)28-15-19-13(26-4)18-14(20-15)27-6-5-21-9(3)17-7-10(21)22(24)25/h7-8,11H,5-6,16H2,1-4H3. The molecule has 0 spiro atoms. The summed E-state index contributed by atoms with van der Waals surface area (Å²) in [6, 6.07) is -1.48. The number of imidazole rings is 1. The van der Waals surface area contributed by atoms with Gasteiger partial charge in [-0.1, -0.05) is 13.8 Å².